The standard InChI is InChI=1S/C15H14N4O3S/c1-16-12-8-9-13(14(10-12)23(2,21)22)18-19-15(20)17-11-6-4-3-5-7-11/h3-10,18H,2H3,(H2,17,19,20). The van der Waals surface area contributed by atoms with Crippen molar-refractivity contribution >= 4 is 32.9 Å². The molecule has 0 aromatic heterocycles. The number of para-hydroxylation sites is 1. The van der Waals surface area contributed by atoms with Crippen LogP contribution in [0, 0.1) is 6.57 Å². The normalized spacial score (nSPS) is 10.4. The van der Waals surface area contributed by atoms with E-state index in [4.69, 9.17) is 6.57 Å². The highest BCUT2D eigenvalue weighted by atomic mass is 32.2. The van der Waals surface area contributed by atoms with Crippen molar-refractivity contribution in [3.05, 3.63) is 59.9 Å². The average molecular weight is 330 g/mol. The van der Waals surface area contributed by atoms with Crippen LogP contribution in [0.5, 0.6) is 0 Å². The number of amides is 2. The molecule has 2 amide bonds. The third kappa shape index (κ3) is 4.46. The molecule has 118 valence electrons. The number of nitrogens with zero attached hydrogens (tertiary/aromatic N) is 1. The number of benzene rings is 2. The Bertz CT molecular complexity index is 858. The Morgan fingerprint density at radius 1 is 1.13 bits per heavy atom. The van der Waals surface area contributed by atoms with E-state index in [0.717, 1.165) is 6.26 Å². The first-order valence-electron chi connectivity index (χ1n) is 6.50. The van der Waals surface area contributed by atoms with Crippen molar-refractivity contribution in [3.8, 4) is 0 Å². The summed E-state index contributed by atoms with van der Waals surface area (Å²) in [4.78, 5) is 14.9. The number of hydrazine groups is 1. The Balaban J connectivity index is 2.11. The zero-order valence-electron chi connectivity index (χ0n) is 12.2. The molecule has 0 bridgehead atoms. The summed E-state index contributed by atoms with van der Waals surface area (Å²) in [5.74, 6) is 0. The van der Waals surface area contributed by atoms with Crippen molar-refractivity contribution in [1.29, 1.82) is 0 Å². The van der Waals surface area contributed by atoms with Crippen LogP contribution in [0.1, 0.15) is 0 Å². The Morgan fingerprint density at radius 2 is 1.83 bits per heavy atom. The number of sulfone groups is 1. The lowest BCUT2D eigenvalue weighted by Gasteiger charge is -2.13. The van der Waals surface area contributed by atoms with Crippen molar-refractivity contribution in [2.24, 2.45) is 0 Å². The van der Waals surface area contributed by atoms with Crippen molar-refractivity contribution in [1.82, 2.24) is 5.43 Å². The molecule has 23 heavy (non-hydrogen) atoms. The van der Waals surface area contributed by atoms with Gasteiger partial charge in [0.05, 0.1) is 17.2 Å². The number of hydrogen-bond donors (Lipinski definition) is 3. The molecule has 3 N–H and O–H groups in total. The molecule has 0 heterocycles. The molecule has 0 saturated carbocycles. The monoisotopic (exact) mass is 330 g/mol. The van der Waals surface area contributed by atoms with Crippen LogP contribution < -0.4 is 16.2 Å². The van der Waals surface area contributed by atoms with Crippen molar-refractivity contribution in [2.75, 3.05) is 17.0 Å². The van der Waals surface area contributed by atoms with Gasteiger partial charge in [-0.1, -0.05) is 24.3 Å². The summed E-state index contributed by atoms with van der Waals surface area (Å²) >= 11 is 0. The van der Waals surface area contributed by atoms with E-state index in [-0.39, 0.29) is 16.3 Å². The Labute approximate surface area is 134 Å². The molecular weight excluding hydrogens is 316 g/mol. The van der Waals surface area contributed by atoms with E-state index in [1.807, 2.05) is 6.07 Å². The van der Waals surface area contributed by atoms with Crippen molar-refractivity contribution < 1.29 is 13.2 Å². The van der Waals surface area contributed by atoms with Gasteiger partial charge in [-0.3, -0.25) is 10.9 Å². The summed E-state index contributed by atoms with van der Waals surface area (Å²) in [6, 6.07) is 12.4. The van der Waals surface area contributed by atoms with E-state index >= 15 is 0 Å². The molecular formula is C15H14N4O3S. The van der Waals surface area contributed by atoms with Gasteiger partial charge in [-0.15, -0.1) is 0 Å². The molecule has 2 aromatic carbocycles. The van der Waals surface area contributed by atoms with Crippen LogP contribution in [0.25, 0.3) is 4.85 Å². The van der Waals surface area contributed by atoms with Crippen LogP contribution in [0.2, 0.25) is 0 Å². The summed E-state index contributed by atoms with van der Waals surface area (Å²) in [5, 5.41) is 2.58. The van der Waals surface area contributed by atoms with Crippen LogP contribution in [0.15, 0.2) is 53.4 Å². The van der Waals surface area contributed by atoms with Gasteiger partial charge in [-0.05, 0) is 24.3 Å². The molecule has 0 saturated heterocycles. The molecule has 2 rings (SSSR count). The molecule has 0 radical (unpaired) electrons. The maximum Gasteiger partial charge on any atom is 0.337 e. The van der Waals surface area contributed by atoms with Gasteiger partial charge in [-0.2, -0.15) is 0 Å². The zero-order valence-corrected chi connectivity index (χ0v) is 13.0. The summed E-state index contributed by atoms with van der Waals surface area (Å²) in [7, 11) is -3.55. The van der Waals surface area contributed by atoms with Gasteiger partial charge in [0.25, 0.3) is 0 Å². The number of urea groups is 1. The lowest BCUT2D eigenvalue weighted by Crippen LogP contribution is -2.34. The SMILES string of the molecule is [C-]#[N+]c1ccc(NNC(=O)Nc2ccccc2)c(S(C)(=O)=O)c1. The van der Waals surface area contributed by atoms with E-state index in [0.29, 0.717) is 5.69 Å². The number of hydrogen-bond acceptors (Lipinski definition) is 4. The summed E-state index contributed by atoms with van der Waals surface area (Å²) in [5.41, 5.74) is 5.88. The predicted octanol–water partition coefficient (Wildman–Crippen LogP) is 2.79. The molecule has 0 aliphatic carbocycles. The second kappa shape index (κ2) is 6.81. The molecule has 8 heteroatoms. The van der Waals surface area contributed by atoms with Gasteiger partial charge in [0.1, 0.15) is 0 Å². The molecule has 2 aromatic rings. The van der Waals surface area contributed by atoms with Crippen LogP contribution in [-0.4, -0.2) is 20.7 Å². The lowest BCUT2D eigenvalue weighted by atomic mass is 10.3. The fourth-order valence-electron chi connectivity index (χ4n) is 1.80. The van der Waals surface area contributed by atoms with Gasteiger partial charge < -0.3 is 5.32 Å². The van der Waals surface area contributed by atoms with Gasteiger partial charge in [0.15, 0.2) is 15.5 Å². The minimum Gasteiger partial charge on any atom is -0.307 e. The third-order valence-corrected chi connectivity index (χ3v) is 3.97. The minimum atomic E-state index is -3.55. The lowest BCUT2D eigenvalue weighted by molar-refractivity contribution is 0.254. The van der Waals surface area contributed by atoms with E-state index in [1.165, 1.54) is 18.2 Å². The first kappa shape index (κ1) is 16.3. The van der Waals surface area contributed by atoms with Gasteiger partial charge in [0, 0.05) is 11.9 Å². The van der Waals surface area contributed by atoms with E-state index in [9.17, 15) is 13.2 Å². The Hall–Kier alpha value is -3.05. The van der Waals surface area contributed by atoms with Gasteiger partial charge in [-0.25, -0.2) is 18.1 Å². The maximum atomic E-state index is 11.8. The minimum absolute atomic E-state index is 0.0639. The van der Waals surface area contributed by atoms with Crippen LogP contribution in [0.4, 0.5) is 21.9 Å². The second-order valence-electron chi connectivity index (χ2n) is 4.63. The predicted molar refractivity (Wildman–Crippen MR) is 88.0 cm³/mol. The molecule has 0 atom stereocenters. The fraction of sp³-hybridized carbons (Fsp3) is 0.0667. The van der Waals surface area contributed by atoms with E-state index in [2.05, 4.69) is 21.0 Å². The Kier molecular flexibility index (Phi) is 4.83. The van der Waals surface area contributed by atoms with Crippen LogP contribution in [0.3, 0.4) is 0 Å². The van der Waals surface area contributed by atoms with Gasteiger partial charge >= 0.3 is 6.03 Å². The molecule has 0 aliphatic rings. The molecule has 0 unspecified atom stereocenters. The number of carbonyl (C=O) groups is 1. The third-order valence-electron chi connectivity index (χ3n) is 2.84. The molecule has 0 aliphatic heterocycles. The Morgan fingerprint density at radius 3 is 2.43 bits per heavy atom. The first-order valence-corrected chi connectivity index (χ1v) is 8.39. The smallest absolute Gasteiger partial charge is 0.307 e. The number of rotatable bonds is 4. The quantitative estimate of drug-likeness (QED) is 0.594. The average Bonchev–Trinajstić information content (AvgIpc) is 2.53. The highest BCUT2D eigenvalue weighted by Gasteiger charge is 2.14. The highest BCUT2D eigenvalue weighted by Crippen LogP contribution is 2.26. The van der Waals surface area contributed by atoms with Gasteiger partial charge in [0.2, 0.25) is 0 Å². The number of anilines is 2. The van der Waals surface area contributed by atoms with Crippen molar-refractivity contribution in [3.63, 3.8) is 0 Å². The molecule has 0 spiro atoms. The summed E-state index contributed by atoms with van der Waals surface area (Å²) in [6.45, 7) is 6.94. The maximum absolute atomic E-state index is 11.8. The zero-order chi connectivity index (χ0) is 16.9. The van der Waals surface area contributed by atoms with Crippen LogP contribution >= 0.6 is 0 Å². The summed E-state index contributed by atoms with van der Waals surface area (Å²) in [6.07, 6.45) is 1.03. The second-order valence-corrected chi connectivity index (χ2v) is 6.62. The number of nitrogens with one attached hydrogen (secondary N) is 3. The first-order chi connectivity index (χ1) is 10.9. The topological polar surface area (TPSA) is 91.7 Å². The summed E-state index contributed by atoms with van der Waals surface area (Å²) < 4.78 is 23.6. The van der Waals surface area contributed by atoms with Crippen molar-refractivity contribution in [2.45, 2.75) is 4.90 Å². The highest BCUT2D eigenvalue weighted by molar-refractivity contribution is 7.90. The molecule has 0 fully saturated rings. The fourth-order valence-corrected chi connectivity index (χ4v) is 2.65. The molecule has 7 nitrogen and oxygen atoms in total. The van der Waals surface area contributed by atoms with E-state index in [1.54, 1.807) is 24.3 Å². The van der Waals surface area contributed by atoms with Crippen LogP contribution in [-0.2, 0) is 9.84 Å². The number of carbonyl (C=O) groups excluding carboxylic acids is 1. The largest absolute Gasteiger partial charge is 0.337 e. The van der Waals surface area contributed by atoms with E-state index < -0.39 is 15.9 Å².